The normalized spacial score (nSPS) is 11.4. The van der Waals surface area contributed by atoms with Crippen LogP contribution in [0.4, 0.5) is 0 Å². The predicted molar refractivity (Wildman–Crippen MR) is 187 cm³/mol. The second-order valence-electron chi connectivity index (χ2n) is 11.5. The second kappa shape index (κ2) is 12.8. The molecule has 2 N–H and O–H groups in total. The quantitative estimate of drug-likeness (QED) is 0.191. The topological polar surface area (TPSA) is 129 Å². The molecule has 0 aliphatic carbocycles. The van der Waals surface area contributed by atoms with E-state index in [0.29, 0.717) is 35.6 Å². The lowest BCUT2D eigenvalue weighted by Crippen LogP contribution is -2.25. The number of aromatic nitrogens is 8. The van der Waals surface area contributed by atoms with E-state index >= 15 is 0 Å². The first-order valence-electron chi connectivity index (χ1n) is 15.7. The summed E-state index contributed by atoms with van der Waals surface area (Å²) in [6.45, 7) is 0. The Morgan fingerprint density at radius 1 is 0.396 bits per heavy atom. The first kappa shape index (κ1) is 29.1. The van der Waals surface area contributed by atoms with Gasteiger partial charge in [-0.05, 0) is 96.8 Å². The van der Waals surface area contributed by atoms with Gasteiger partial charge < -0.3 is 5.73 Å². The minimum Gasteiger partial charge on any atom is -0.327 e. The Kier molecular flexibility index (Phi) is 7.77. The fraction of sp³-hybridized carbons (Fsp3) is 0.0769. The number of hydrogen-bond donors (Lipinski definition) is 1. The van der Waals surface area contributed by atoms with Gasteiger partial charge in [-0.3, -0.25) is 19.9 Å². The Bertz CT molecular complexity index is 2180. The molecule has 2 aromatic carbocycles. The van der Waals surface area contributed by atoms with Gasteiger partial charge in [-0.15, -0.1) is 0 Å². The summed E-state index contributed by atoms with van der Waals surface area (Å²) in [5.41, 5.74) is 17.8. The number of fused-ring (bicyclic) bond motifs is 2. The van der Waals surface area contributed by atoms with Gasteiger partial charge in [0, 0.05) is 30.8 Å². The van der Waals surface area contributed by atoms with E-state index in [1.165, 1.54) is 0 Å². The first-order valence-corrected chi connectivity index (χ1v) is 15.7. The van der Waals surface area contributed by atoms with Crippen molar-refractivity contribution in [1.29, 1.82) is 0 Å². The van der Waals surface area contributed by atoms with Gasteiger partial charge in [0.2, 0.25) is 0 Å². The summed E-state index contributed by atoms with van der Waals surface area (Å²) in [7, 11) is 0. The molecule has 0 spiro atoms. The third-order valence-corrected chi connectivity index (χ3v) is 8.08. The molecule has 48 heavy (non-hydrogen) atoms. The summed E-state index contributed by atoms with van der Waals surface area (Å²) in [5, 5.41) is 0. The van der Waals surface area contributed by atoms with Crippen molar-refractivity contribution in [2.75, 3.05) is 0 Å². The van der Waals surface area contributed by atoms with E-state index in [1.807, 2.05) is 84.9 Å². The molecule has 0 fully saturated rings. The third kappa shape index (κ3) is 5.97. The number of benzene rings is 2. The van der Waals surface area contributed by atoms with Gasteiger partial charge in [0.15, 0.2) is 0 Å². The summed E-state index contributed by atoms with van der Waals surface area (Å²) in [6, 6.07) is 35.3. The highest BCUT2D eigenvalue weighted by Crippen LogP contribution is 2.31. The maximum absolute atomic E-state index is 6.76. The molecule has 0 aliphatic heterocycles. The second-order valence-corrected chi connectivity index (χ2v) is 11.5. The van der Waals surface area contributed by atoms with Gasteiger partial charge >= 0.3 is 0 Å². The largest absolute Gasteiger partial charge is 0.327 e. The molecule has 0 radical (unpaired) electrons. The average molecular weight is 624 g/mol. The lowest BCUT2D eigenvalue weighted by molar-refractivity contribution is 0.665. The summed E-state index contributed by atoms with van der Waals surface area (Å²) in [4.78, 5) is 38.2. The van der Waals surface area contributed by atoms with Gasteiger partial charge in [-0.1, -0.05) is 36.4 Å². The molecular formula is C39H29N9. The van der Waals surface area contributed by atoms with Crippen LogP contribution >= 0.6 is 0 Å². The molecule has 0 saturated carbocycles. The predicted octanol–water partition coefficient (Wildman–Crippen LogP) is 6.93. The Morgan fingerprint density at radius 3 is 1.04 bits per heavy atom. The molecule has 0 aliphatic rings. The number of hydrogen-bond acceptors (Lipinski definition) is 9. The van der Waals surface area contributed by atoms with Crippen LogP contribution < -0.4 is 5.73 Å². The number of rotatable bonds is 8. The monoisotopic (exact) mass is 623 g/mol. The molecule has 0 unspecified atom stereocenters. The Balaban J connectivity index is 1.08. The van der Waals surface area contributed by atoms with Crippen molar-refractivity contribution >= 4 is 22.1 Å². The molecule has 0 atom stereocenters. The molecule has 0 saturated heterocycles. The number of pyridine rings is 4. The zero-order valence-corrected chi connectivity index (χ0v) is 25.8. The third-order valence-electron chi connectivity index (χ3n) is 8.08. The van der Waals surface area contributed by atoms with Crippen molar-refractivity contribution in [3.8, 4) is 45.6 Å². The first-order chi connectivity index (χ1) is 23.7. The Hall–Kier alpha value is -6.32. The van der Waals surface area contributed by atoms with Crippen LogP contribution in [0.1, 0.15) is 11.1 Å². The van der Waals surface area contributed by atoms with Crippen LogP contribution in [0.3, 0.4) is 0 Å². The molecule has 230 valence electrons. The summed E-state index contributed by atoms with van der Waals surface area (Å²) in [6.07, 6.45) is 8.37. The zero-order valence-electron chi connectivity index (χ0n) is 25.8. The van der Waals surface area contributed by atoms with Crippen LogP contribution in [-0.2, 0) is 12.8 Å². The summed E-state index contributed by atoms with van der Waals surface area (Å²) in [5.74, 6) is 0. The highest BCUT2D eigenvalue weighted by Gasteiger charge is 2.18. The van der Waals surface area contributed by atoms with E-state index in [9.17, 15) is 0 Å². The van der Waals surface area contributed by atoms with Crippen molar-refractivity contribution in [1.82, 2.24) is 39.9 Å². The average Bonchev–Trinajstić information content (AvgIpc) is 3.15. The molecule has 6 aromatic heterocycles. The SMILES string of the molecule is NC(Cc1ccc2nc(-c3ccccn3)c(-c3ccccn3)nc2c1)Cc1ccc2nc(-c3ccccn3)c(-c3ccccn3)nc2c1. The van der Waals surface area contributed by atoms with Crippen molar-refractivity contribution in [3.63, 3.8) is 0 Å². The lowest BCUT2D eigenvalue weighted by Gasteiger charge is -2.14. The van der Waals surface area contributed by atoms with Gasteiger partial charge in [0.05, 0.1) is 44.8 Å². The molecule has 8 aromatic rings. The molecule has 8 rings (SSSR count). The Morgan fingerprint density at radius 2 is 0.729 bits per heavy atom. The van der Waals surface area contributed by atoms with Crippen LogP contribution in [0.15, 0.2) is 134 Å². The highest BCUT2D eigenvalue weighted by molar-refractivity contribution is 5.86. The molecule has 0 amide bonds. The smallest absolute Gasteiger partial charge is 0.117 e. The minimum absolute atomic E-state index is 0.132. The van der Waals surface area contributed by atoms with Crippen molar-refractivity contribution in [3.05, 3.63) is 145 Å². The molecule has 9 nitrogen and oxygen atoms in total. The zero-order chi connectivity index (χ0) is 32.3. The molecule has 9 heteroatoms. The maximum atomic E-state index is 6.76. The molecular weight excluding hydrogens is 594 g/mol. The molecule has 6 heterocycles. The molecule has 0 bridgehead atoms. The van der Waals surface area contributed by atoms with Crippen molar-refractivity contribution < 1.29 is 0 Å². The van der Waals surface area contributed by atoms with Gasteiger partial charge in [-0.2, -0.15) is 0 Å². The number of nitrogens with zero attached hydrogens (tertiary/aromatic N) is 8. The van der Waals surface area contributed by atoms with E-state index in [2.05, 4.69) is 44.2 Å². The van der Waals surface area contributed by atoms with Crippen molar-refractivity contribution in [2.24, 2.45) is 5.73 Å². The summed E-state index contributed by atoms with van der Waals surface area (Å²) < 4.78 is 0. The van der Waals surface area contributed by atoms with Gasteiger partial charge in [-0.25, -0.2) is 19.9 Å². The summed E-state index contributed by atoms with van der Waals surface area (Å²) >= 11 is 0. The highest BCUT2D eigenvalue weighted by atomic mass is 14.9. The van der Waals surface area contributed by atoms with Crippen LogP contribution in [0.25, 0.3) is 67.6 Å². The van der Waals surface area contributed by atoms with Crippen molar-refractivity contribution in [2.45, 2.75) is 18.9 Å². The van der Waals surface area contributed by atoms with Crippen LogP contribution in [0.5, 0.6) is 0 Å². The van der Waals surface area contributed by atoms with Crippen LogP contribution in [-0.4, -0.2) is 45.9 Å². The van der Waals surface area contributed by atoms with Gasteiger partial charge in [0.1, 0.15) is 22.8 Å². The fourth-order valence-electron chi connectivity index (χ4n) is 5.86. The van der Waals surface area contributed by atoms with E-state index in [4.69, 9.17) is 25.7 Å². The van der Waals surface area contributed by atoms with E-state index in [0.717, 1.165) is 56.0 Å². The van der Waals surface area contributed by atoms with E-state index < -0.39 is 0 Å². The number of nitrogens with two attached hydrogens (primary N) is 1. The standard InChI is InChI=1S/C39H29N9/c40-27(21-25-13-15-28-34(23-25)47-38(32-11-3-7-19-43-32)36(45-28)30-9-1-5-17-41-30)22-26-14-16-29-35(24-26)48-39(33-12-4-8-20-44-33)37(46-29)31-10-2-6-18-42-31/h1-20,23-24,27H,21-22,40H2. The van der Waals surface area contributed by atoms with E-state index in [-0.39, 0.29) is 6.04 Å². The maximum Gasteiger partial charge on any atom is 0.117 e. The minimum atomic E-state index is -0.132. The Labute approximate surface area is 276 Å². The van der Waals surface area contributed by atoms with Crippen LogP contribution in [0.2, 0.25) is 0 Å². The fourth-order valence-corrected chi connectivity index (χ4v) is 5.86. The van der Waals surface area contributed by atoms with E-state index in [1.54, 1.807) is 24.8 Å². The lowest BCUT2D eigenvalue weighted by atomic mass is 9.98. The van der Waals surface area contributed by atoms with Gasteiger partial charge in [0.25, 0.3) is 0 Å². The van der Waals surface area contributed by atoms with Crippen LogP contribution in [0, 0.1) is 0 Å².